The molecule has 24 heteroatoms. The molecule has 0 aliphatic heterocycles. The van der Waals surface area contributed by atoms with E-state index in [1.807, 2.05) is 182 Å². The minimum absolute atomic E-state index is 0.00700. The van der Waals surface area contributed by atoms with Gasteiger partial charge in [-0.2, -0.15) is 36.8 Å². The van der Waals surface area contributed by atoms with Crippen LogP contribution in [0, 0.1) is 85.9 Å². The summed E-state index contributed by atoms with van der Waals surface area (Å²) in [5, 5.41) is 90.7. The maximum Gasteiger partial charge on any atom is 0.307 e. The summed E-state index contributed by atoms with van der Waals surface area (Å²) in [6.45, 7) is 7.53. The topological polar surface area (TPSA) is 364 Å². The Morgan fingerprint density at radius 3 is 0.992 bits per heavy atom. The largest absolute Gasteiger partial charge is 0.456 e. The van der Waals surface area contributed by atoms with E-state index >= 15 is 0 Å². The van der Waals surface area contributed by atoms with Crippen molar-refractivity contribution in [2.75, 3.05) is 0 Å². The zero-order valence-corrected chi connectivity index (χ0v) is 65.7. The summed E-state index contributed by atoms with van der Waals surface area (Å²) < 4.78 is 8.61. The highest BCUT2D eigenvalue weighted by Crippen LogP contribution is 2.46. The summed E-state index contributed by atoms with van der Waals surface area (Å²) in [4.78, 5) is 67.5. The monoisotopic (exact) mass is 1620 g/mol. The first-order valence-corrected chi connectivity index (χ1v) is 40.0. The summed E-state index contributed by atoms with van der Waals surface area (Å²) in [5.41, 5.74) is 10.8. The number of rotatable bonds is 0. The number of para-hydroxylation sites is 3. The van der Waals surface area contributed by atoms with Crippen molar-refractivity contribution in [2.45, 2.75) is 0 Å². The molecule has 126 heavy (non-hydrogen) atoms. The Labute approximate surface area is 710 Å². The van der Waals surface area contributed by atoms with Gasteiger partial charge in [0.1, 0.15) is 97.8 Å². The number of aromatic nitrogens is 14. The Morgan fingerprint density at radius 1 is 0.238 bits per heavy atom. The third-order valence-electron chi connectivity index (χ3n) is 22.9. The molecule has 0 aliphatic carbocycles. The number of hydrogen-bond acceptors (Lipinski definition) is 23. The van der Waals surface area contributed by atoms with Crippen molar-refractivity contribution in [3.05, 3.63) is 306 Å². The molecule has 23 nitrogen and oxygen atoms in total. The van der Waals surface area contributed by atoms with Gasteiger partial charge in [0.25, 0.3) is 0 Å². The predicted molar refractivity (Wildman–Crippen MR) is 489 cm³/mol. The highest BCUT2D eigenvalue weighted by Gasteiger charge is 2.26. The van der Waals surface area contributed by atoms with Crippen LogP contribution in [0.4, 0.5) is 5.82 Å². The second-order valence-corrected chi connectivity index (χ2v) is 30.9. The smallest absolute Gasteiger partial charge is 0.307 e. The average molecular weight is 1620 g/mol. The van der Waals surface area contributed by atoms with Gasteiger partial charge >= 0.3 is 5.82 Å². The van der Waals surface area contributed by atoms with Gasteiger partial charge in [0.05, 0.1) is 27.6 Å². The molecule has 0 N–H and O–H groups in total. The number of nitriles is 7. The van der Waals surface area contributed by atoms with Gasteiger partial charge in [0.15, 0.2) is 56.7 Å². The normalized spacial score (nSPS) is 11.4. The fraction of sp³-hybridized carbons (Fsp3) is 0. The second kappa shape index (κ2) is 28.3. The molecule has 0 atom stereocenters. The summed E-state index contributed by atoms with van der Waals surface area (Å²) in [6.07, 6.45) is 3.11. The lowest BCUT2D eigenvalue weighted by molar-refractivity contribution is 0.669. The maximum atomic E-state index is 9.60. The van der Waals surface area contributed by atoms with Gasteiger partial charge in [-0.15, -0.1) is 16.3 Å². The highest BCUT2D eigenvalue weighted by atomic mass is 32.1. The van der Waals surface area contributed by atoms with Crippen LogP contribution in [-0.2, 0) is 0 Å². The number of fused-ring (bicyclic) bond motifs is 36. The van der Waals surface area contributed by atoms with E-state index in [9.17, 15) is 36.8 Å². The van der Waals surface area contributed by atoms with Crippen LogP contribution < -0.4 is 0 Å². The van der Waals surface area contributed by atoms with E-state index in [1.54, 1.807) is 23.7 Å². The molecule has 0 saturated heterocycles. The van der Waals surface area contributed by atoms with Gasteiger partial charge in [-0.3, -0.25) is 0 Å². The van der Waals surface area contributed by atoms with Crippen molar-refractivity contribution >= 4 is 256 Å². The molecule has 0 amide bonds. The first kappa shape index (κ1) is 72.2. The number of hydrogen-bond donors (Lipinski definition) is 0. The Balaban J connectivity index is 0.0000000967. The molecule has 17 aromatic carbocycles. The number of thiophene rings is 1. The van der Waals surface area contributed by atoms with Gasteiger partial charge in [-0.1, -0.05) is 152 Å². The predicted octanol–water partition coefficient (Wildman–Crippen LogP) is 23.0. The molecule has 9 aromatic heterocycles. The second-order valence-electron chi connectivity index (χ2n) is 29.8. The minimum Gasteiger partial charge on any atom is -0.456 e. The van der Waals surface area contributed by atoms with Crippen LogP contribution in [0.3, 0.4) is 0 Å². The Hall–Kier alpha value is -19.1. The minimum atomic E-state index is -0.0486. The molecule has 9 heterocycles. The quantitative estimate of drug-likeness (QED) is 0.0773. The van der Waals surface area contributed by atoms with Crippen molar-refractivity contribution in [3.63, 3.8) is 0 Å². The summed E-state index contributed by atoms with van der Waals surface area (Å²) in [5.74, 6) is 0.0433. The van der Waals surface area contributed by atoms with E-state index < -0.39 is 0 Å². The Bertz CT molecular complexity index is 9100. The lowest BCUT2D eigenvalue weighted by atomic mass is 9.95. The van der Waals surface area contributed by atoms with Gasteiger partial charge in [-0.05, 0) is 162 Å². The van der Waals surface area contributed by atoms with Crippen molar-refractivity contribution in [1.82, 2.24) is 69.8 Å². The molecule has 0 unspecified atom stereocenters. The molecule has 0 radical (unpaired) electrons. The van der Waals surface area contributed by atoms with Crippen LogP contribution in [-0.4, -0.2) is 69.8 Å². The van der Waals surface area contributed by atoms with Crippen LogP contribution in [0.1, 0.15) is 39.9 Å². The fourth-order valence-electron chi connectivity index (χ4n) is 17.3. The molecular weight excluding hydrogens is 1580 g/mol. The highest BCUT2D eigenvalue weighted by molar-refractivity contribution is 7.25. The molecule has 0 aliphatic rings. The fourth-order valence-corrected chi connectivity index (χ4v) is 18.4. The van der Waals surface area contributed by atoms with E-state index in [-0.39, 0.29) is 45.7 Å². The van der Waals surface area contributed by atoms with Crippen molar-refractivity contribution in [2.24, 2.45) is 0 Å². The first-order valence-electron chi connectivity index (χ1n) is 39.2. The van der Waals surface area contributed by atoms with E-state index in [2.05, 4.69) is 163 Å². The van der Waals surface area contributed by atoms with Crippen molar-refractivity contribution in [3.8, 4) is 42.5 Å². The van der Waals surface area contributed by atoms with Crippen LogP contribution in [0.15, 0.2) is 259 Å². The molecule has 0 bridgehead atoms. The number of benzene rings is 17. The third-order valence-corrected chi connectivity index (χ3v) is 24.1. The SMILES string of the molecule is N#Cc1nc2c3cc4ccccc4cc3c3cc4oc5ccccc5c4cc3c2nc1C#N.N#Cc1nc2c3cc4ccccc4cc3c3nc4ccccc4nc3c2nc1C#N.N#Cc1nc2c3cc4ccccc4cc3c3nc4nccnc4nc3c2nc1C#N.[C-]#[N+]c1nc2c3cc4c(cc3c3cc5ccccc5cc3c2nc1C#N)sc1ccccc14. The Kier molecular flexibility index (Phi) is 16.2. The lowest BCUT2D eigenvalue weighted by Gasteiger charge is -2.11. The lowest BCUT2D eigenvalue weighted by Crippen LogP contribution is -2.00. The molecule has 26 aromatic rings. The van der Waals surface area contributed by atoms with E-state index in [4.69, 9.17) is 25.9 Å². The van der Waals surface area contributed by atoms with Crippen LogP contribution in [0.5, 0.6) is 0 Å². The number of furan rings is 1. The van der Waals surface area contributed by atoms with Gasteiger partial charge in [-0.25, -0.2) is 64.8 Å². The van der Waals surface area contributed by atoms with Crippen LogP contribution in [0.2, 0.25) is 0 Å². The number of nitrogens with zero attached hydrogens (tertiary/aromatic N) is 22. The molecule has 572 valence electrons. The van der Waals surface area contributed by atoms with E-state index in [0.29, 0.717) is 77.5 Å². The average Bonchev–Trinajstić information content (AvgIpc) is 1.23. The molecular formula is C102H42N22OS. The molecule has 0 fully saturated rings. The summed E-state index contributed by atoms with van der Waals surface area (Å²) in [6, 6.07) is 95.5. The molecule has 0 saturated carbocycles. The van der Waals surface area contributed by atoms with Crippen LogP contribution in [0.25, 0.3) is 243 Å². The van der Waals surface area contributed by atoms with Gasteiger partial charge < -0.3 is 9.26 Å². The zero-order valence-electron chi connectivity index (χ0n) is 64.9. The van der Waals surface area contributed by atoms with E-state index in [0.717, 1.165) is 141 Å². The Morgan fingerprint density at radius 2 is 0.540 bits per heavy atom. The van der Waals surface area contributed by atoms with Crippen molar-refractivity contribution < 1.29 is 4.42 Å². The van der Waals surface area contributed by atoms with Gasteiger partial charge in [0, 0.05) is 86.4 Å². The zero-order chi connectivity index (χ0) is 84.7. The van der Waals surface area contributed by atoms with Gasteiger partial charge in [0.2, 0.25) is 0 Å². The summed E-state index contributed by atoms with van der Waals surface area (Å²) in [7, 11) is 0. The standard InChI is InChI=1S/C28H12N4O.C28H12N4S.C24H10N6.C22H8N8/c29-13-23-24(14-30)32-28-22-11-20-17-7-3-4-8-25(17)33-26(20)12-19(22)18-9-15-5-1-2-6-16(15)10-21(18)27(28)31-23;1-30-28-23(14-29)31-26-21-11-16-7-3-2-6-15(16)10-18(21)19-13-25-20(12-22(19)27(26)32-28)17-8-4-5-9-24(17)33-25;25-11-19-20(12-26)30-24-22(29-19)16-10-14-6-2-1-5-13(14)9-15(16)21-23(24)28-18-8-4-3-7-17(18)27-21;23-9-15-16(10-24)28-19-17(27-15)13-7-11-3-1-2-4-12(11)8-14(13)18-20(19)30-22-21(29-18)25-5-6-26-22/h1-12H;2-13H;1-10H;1-8H. The molecule has 26 rings (SSSR count). The third kappa shape index (κ3) is 11.3. The van der Waals surface area contributed by atoms with Crippen LogP contribution >= 0.6 is 11.3 Å². The van der Waals surface area contributed by atoms with Crippen molar-refractivity contribution in [1.29, 1.82) is 36.8 Å². The molecule has 0 spiro atoms. The maximum absolute atomic E-state index is 9.60. The first-order chi connectivity index (χ1) is 62.0. The summed E-state index contributed by atoms with van der Waals surface area (Å²) >= 11 is 1.78. The van der Waals surface area contributed by atoms with E-state index in [1.165, 1.54) is 20.2 Å².